The zero-order chi connectivity index (χ0) is 23.0. The summed E-state index contributed by atoms with van der Waals surface area (Å²) in [5, 5.41) is 0.764. The highest BCUT2D eigenvalue weighted by Gasteiger charge is 2.35. The third-order valence-electron chi connectivity index (χ3n) is 6.62. The van der Waals surface area contributed by atoms with Crippen molar-refractivity contribution in [2.75, 3.05) is 18.5 Å². The highest BCUT2D eigenvalue weighted by atomic mass is 32.2. The molecule has 2 aromatic rings. The van der Waals surface area contributed by atoms with Crippen LogP contribution in [0.2, 0.25) is 0 Å². The smallest absolute Gasteiger partial charge is 0.266 e. The van der Waals surface area contributed by atoms with E-state index in [4.69, 9.17) is 4.99 Å². The average molecular weight is 448 g/mol. The van der Waals surface area contributed by atoms with Crippen LogP contribution in [0.3, 0.4) is 0 Å². The minimum absolute atomic E-state index is 0.0509. The van der Waals surface area contributed by atoms with Crippen LogP contribution in [0, 0.1) is 6.92 Å². The van der Waals surface area contributed by atoms with Crippen LogP contribution in [0.5, 0.6) is 0 Å². The lowest BCUT2D eigenvalue weighted by atomic mass is 9.79. The number of amides is 1. The highest BCUT2D eigenvalue weighted by Crippen LogP contribution is 2.44. The number of nitrogens with zero attached hydrogens (tertiary/aromatic N) is 3. The summed E-state index contributed by atoms with van der Waals surface area (Å²) in [5.74, 6) is 0.530. The van der Waals surface area contributed by atoms with E-state index in [0.29, 0.717) is 12.5 Å². The summed E-state index contributed by atoms with van der Waals surface area (Å²) in [4.78, 5) is 23.0. The number of fused-ring (bicyclic) bond motifs is 1. The van der Waals surface area contributed by atoms with Gasteiger partial charge in [-0.3, -0.25) is 9.69 Å². The summed E-state index contributed by atoms with van der Waals surface area (Å²) in [6, 6.07) is 14.4. The molecule has 0 saturated carbocycles. The number of aryl methyl sites for hydroxylation is 1. The second kappa shape index (κ2) is 8.78. The molecular weight excluding hydrogens is 414 g/mol. The topological polar surface area (TPSA) is 35.9 Å². The van der Waals surface area contributed by atoms with Gasteiger partial charge in [-0.25, -0.2) is 4.99 Å². The first kappa shape index (κ1) is 22.7. The van der Waals surface area contributed by atoms with Gasteiger partial charge in [-0.05, 0) is 98.3 Å². The third-order valence-corrected chi connectivity index (χ3v) is 7.63. The fourth-order valence-corrected chi connectivity index (χ4v) is 5.67. The molecule has 4 nitrogen and oxygen atoms in total. The van der Waals surface area contributed by atoms with Crippen molar-refractivity contribution in [3.8, 4) is 0 Å². The van der Waals surface area contributed by atoms with Gasteiger partial charge >= 0.3 is 0 Å². The monoisotopic (exact) mass is 447 g/mol. The Hall–Kier alpha value is -2.53. The zero-order valence-electron chi connectivity index (χ0n) is 20.0. The van der Waals surface area contributed by atoms with Gasteiger partial charge in [0.15, 0.2) is 5.17 Å². The van der Waals surface area contributed by atoms with Gasteiger partial charge in [0.1, 0.15) is 0 Å². The van der Waals surface area contributed by atoms with Gasteiger partial charge in [-0.15, -0.1) is 0 Å². The van der Waals surface area contributed by atoms with Crippen LogP contribution in [0.1, 0.15) is 63.1 Å². The van der Waals surface area contributed by atoms with Crippen LogP contribution in [0.25, 0.3) is 6.08 Å². The van der Waals surface area contributed by atoms with Crippen molar-refractivity contribution in [1.29, 1.82) is 0 Å². The van der Waals surface area contributed by atoms with Gasteiger partial charge < -0.3 is 4.90 Å². The molecule has 0 spiro atoms. The van der Waals surface area contributed by atoms with E-state index in [9.17, 15) is 4.79 Å². The van der Waals surface area contributed by atoms with Crippen LogP contribution in [-0.2, 0) is 4.79 Å². The van der Waals surface area contributed by atoms with Gasteiger partial charge in [0.25, 0.3) is 5.91 Å². The molecule has 0 aromatic heterocycles. The van der Waals surface area contributed by atoms with Crippen molar-refractivity contribution in [3.05, 3.63) is 64.1 Å². The Bertz CT molecular complexity index is 1090. The second-order valence-electron chi connectivity index (χ2n) is 9.54. The van der Waals surface area contributed by atoms with Crippen LogP contribution < -0.4 is 4.90 Å². The molecule has 2 aromatic carbocycles. The number of rotatable bonds is 4. The molecule has 1 atom stereocenters. The van der Waals surface area contributed by atoms with E-state index in [1.807, 2.05) is 35.2 Å². The Morgan fingerprint density at radius 2 is 1.94 bits per heavy atom. The van der Waals surface area contributed by atoms with Gasteiger partial charge in [-0.2, -0.15) is 0 Å². The van der Waals surface area contributed by atoms with Crippen molar-refractivity contribution < 1.29 is 4.79 Å². The number of hydrogen-bond acceptors (Lipinski definition) is 4. The number of anilines is 1. The van der Waals surface area contributed by atoms with E-state index >= 15 is 0 Å². The first-order valence-corrected chi connectivity index (χ1v) is 12.3. The third kappa shape index (κ3) is 4.23. The maximum Gasteiger partial charge on any atom is 0.266 e. The number of thioether (sulfide) groups is 1. The number of carbonyl (C=O) groups is 1. The Labute approximate surface area is 196 Å². The Morgan fingerprint density at radius 3 is 2.62 bits per heavy atom. The molecule has 0 radical (unpaired) electrons. The molecule has 32 heavy (non-hydrogen) atoms. The molecule has 2 aliphatic heterocycles. The molecule has 2 heterocycles. The van der Waals surface area contributed by atoms with Crippen molar-refractivity contribution in [2.24, 2.45) is 4.99 Å². The largest absolute Gasteiger partial charge is 0.369 e. The lowest BCUT2D eigenvalue weighted by Gasteiger charge is -2.45. The van der Waals surface area contributed by atoms with Crippen molar-refractivity contribution in [1.82, 2.24) is 4.90 Å². The molecule has 0 unspecified atom stereocenters. The van der Waals surface area contributed by atoms with Crippen LogP contribution in [-0.4, -0.2) is 35.1 Å². The summed E-state index contributed by atoms with van der Waals surface area (Å²) in [5.41, 5.74) is 5.99. The number of aliphatic imine (C=N–C) groups is 1. The predicted octanol–water partition coefficient (Wildman–Crippen LogP) is 6.73. The molecule has 0 N–H and O–H groups in total. The first-order chi connectivity index (χ1) is 15.2. The maximum atomic E-state index is 13.2. The first-order valence-electron chi connectivity index (χ1n) is 11.4. The highest BCUT2D eigenvalue weighted by molar-refractivity contribution is 8.18. The van der Waals surface area contributed by atoms with Gasteiger partial charge in [0.05, 0.1) is 10.6 Å². The van der Waals surface area contributed by atoms with Crippen molar-refractivity contribution in [2.45, 2.75) is 58.9 Å². The van der Waals surface area contributed by atoms with E-state index in [0.717, 1.165) is 34.2 Å². The van der Waals surface area contributed by atoms with Crippen LogP contribution in [0.15, 0.2) is 52.4 Å². The van der Waals surface area contributed by atoms with Crippen LogP contribution >= 0.6 is 11.8 Å². The molecule has 0 aliphatic carbocycles. The van der Waals surface area contributed by atoms with E-state index in [-0.39, 0.29) is 11.4 Å². The molecule has 0 bridgehead atoms. The van der Waals surface area contributed by atoms with Crippen molar-refractivity contribution in [3.63, 3.8) is 0 Å². The van der Waals surface area contributed by atoms with E-state index in [1.54, 1.807) is 0 Å². The number of hydrogen-bond donors (Lipinski definition) is 0. The van der Waals surface area contributed by atoms with Gasteiger partial charge in [0.2, 0.25) is 0 Å². The molecule has 2 aliphatic rings. The second-order valence-corrected chi connectivity index (χ2v) is 10.6. The minimum atomic E-state index is 0.0509. The summed E-state index contributed by atoms with van der Waals surface area (Å²) in [7, 11) is 2.19. The molecule has 5 heteroatoms. The zero-order valence-corrected chi connectivity index (χ0v) is 20.8. The molecule has 168 valence electrons. The van der Waals surface area contributed by atoms with E-state index in [2.05, 4.69) is 64.8 Å². The fourth-order valence-electron chi connectivity index (χ4n) is 4.66. The summed E-state index contributed by atoms with van der Waals surface area (Å²) < 4.78 is 0. The molecule has 1 saturated heterocycles. The fraction of sp³-hybridized carbons (Fsp3) is 0.407. The van der Waals surface area contributed by atoms with E-state index < -0.39 is 0 Å². The molecule has 4 rings (SSSR count). The normalized spacial score (nSPS) is 22.7. The van der Waals surface area contributed by atoms with Gasteiger partial charge in [0, 0.05) is 24.8 Å². The van der Waals surface area contributed by atoms with Crippen molar-refractivity contribution >= 4 is 40.3 Å². The summed E-state index contributed by atoms with van der Waals surface area (Å²) >= 11 is 1.48. The number of benzene rings is 2. The Morgan fingerprint density at radius 1 is 1.22 bits per heavy atom. The number of carbonyl (C=O) groups excluding carboxylic acids is 1. The number of para-hydroxylation sites is 1. The molecule has 1 fully saturated rings. The van der Waals surface area contributed by atoms with Gasteiger partial charge in [-0.1, -0.05) is 32.0 Å². The summed E-state index contributed by atoms with van der Waals surface area (Å²) in [6.45, 7) is 11.8. The average Bonchev–Trinajstić information content (AvgIpc) is 3.03. The summed E-state index contributed by atoms with van der Waals surface area (Å²) in [6.07, 6.45) is 4.07. The quantitative estimate of drug-likeness (QED) is 0.487. The van der Waals surface area contributed by atoms with E-state index in [1.165, 1.54) is 28.6 Å². The predicted molar refractivity (Wildman–Crippen MR) is 138 cm³/mol. The Balaban J connectivity index is 1.72. The lowest BCUT2D eigenvalue weighted by molar-refractivity contribution is -0.122. The Kier molecular flexibility index (Phi) is 6.22. The molecular formula is C27H33N3OS. The standard InChI is InChI=1S/C27H33N3OS/c1-7-13-30-25(31)24(32-26(30)28-21-11-9-8-10-12-21)16-20-15-22-19(3)17-27(4,5)29(6)23(22)14-18(20)2/h8-12,14-16,19H,7,13,17H2,1-6H3/b24-16-,28-26?/t19-/m0/s1. The minimum Gasteiger partial charge on any atom is -0.369 e. The number of amidine groups is 1. The van der Waals surface area contributed by atoms with Crippen LogP contribution in [0.4, 0.5) is 11.4 Å². The lowest BCUT2D eigenvalue weighted by Crippen LogP contribution is -2.45. The molecule has 1 amide bonds. The SMILES string of the molecule is CCCN1C(=O)/C(=C/c2cc3c(cc2C)N(C)C(C)(C)C[C@@H]3C)SC1=Nc1ccccc1. The maximum absolute atomic E-state index is 13.2.